The first-order valence-electron chi connectivity index (χ1n) is 7.99. The van der Waals surface area contributed by atoms with Crippen LogP contribution in [0.25, 0.3) is 0 Å². The lowest BCUT2D eigenvalue weighted by Crippen LogP contribution is -2.47. The Hall–Kier alpha value is -1.13. The summed E-state index contributed by atoms with van der Waals surface area (Å²) in [6.45, 7) is 2.70. The minimum atomic E-state index is -0.178. The van der Waals surface area contributed by atoms with E-state index in [1.165, 1.54) is 17.7 Å². The van der Waals surface area contributed by atoms with Crippen LogP contribution in [0, 0.1) is 11.7 Å². The predicted molar refractivity (Wildman–Crippen MR) is 87.7 cm³/mol. The quantitative estimate of drug-likeness (QED) is 0.926. The summed E-state index contributed by atoms with van der Waals surface area (Å²) in [4.78, 5) is 14.3. The van der Waals surface area contributed by atoms with Gasteiger partial charge in [-0.3, -0.25) is 4.79 Å². The fourth-order valence-electron chi connectivity index (χ4n) is 3.43. The molecule has 1 aromatic carbocycles. The van der Waals surface area contributed by atoms with E-state index < -0.39 is 0 Å². The van der Waals surface area contributed by atoms with Crippen LogP contribution in [-0.2, 0) is 11.2 Å². The molecule has 1 unspecified atom stereocenters. The number of carbonyl (C=O) groups is 1. The van der Waals surface area contributed by atoms with E-state index >= 15 is 0 Å². The van der Waals surface area contributed by atoms with Gasteiger partial charge in [-0.1, -0.05) is 12.1 Å². The molecule has 5 heteroatoms. The number of hydrogen-bond acceptors (Lipinski definition) is 2. The summed E-state index contributed by atoms with van der Waals surface area (Å²) in [6, 6.07) is 6.85. The third-order valence-corrected chi connectivity index (χ3v) is 4.72. The topological polar surface area (TPSA) is 32.3 Å². The zero-order chi connectivity index (χ0) is 14.7. The highest BCUT2D eigenvalue weighted by atomic mass is 35.5. The van der Waals surface area contributed by atoms with E-state index in [4.69, 9.17) is 0 Å². The van der Waals surface area contributed by atoms with Gasteiger partial charge in [-0.05, 0) is 62.3 Å². The maximum atomic E-state index is 12.9. The Morgan fingerprint density at radius 1 is 1.18 bits per heavy atom. The van der Waals surface area contributed by atoms with Crippen LogP contribution < -0.4 is 5.32 Å². The number of piperidine rings is 1. The van der Waals surface area contributed by atoms with Crippen molar-refractivity contribution in [3.8, 4) is 0 Å². The maximum Gasteiger partial charge on any atom is 0.239 e. The van der Waals surface area contributed by atoms with Crippen molar-refractivity contribution in [2.75, 3.05) is 19.6 Å². The molecule has 0 saturated carbocycles. The number of likely N-dealkylation sites (tertiary alicyclic amines) is 1. The van der Waals surface area contributed by atoms with Gasteiger partial charge in [0.25, 0.3) is 0 Å². The van der Waals surface area contributed by atoms with Crippen molar-refractivity contribution in [2.24, 2.45) is 5.92 Å². The normalized spacial score (nSPS) is 22.4. The van der Waals surface area contributed by atoms with Crippen LogP contribution in [0.15, 0.2) is 24.3 Å². The maximum absolute atomic E-state index is 12.9. The van der Waals surface area contributed by atoms with Crippen molar-refractivity contribution in [3.63, 3.8) is 0 Å². The monoisotopic (exact) mass is 326 g/mol. The molecule has 1 amide bonds. The van der Waals surface area contributed by atoms with E-state index in [2.05, 4.69) is 5.32 Å². The Morgan fingerprint density at radius 2 is 1.86 bits per heavy atom. The van der Waals surface area contributed by atoms with E-state index in [-0.39, 0.29) is 30.2 Å². The van der Waals surface area contributed by atoms with Crippen LogP contribution in [0.5, 0.6) is 0 Å². The number of rotatable bonds is 3. The zero-order valence-corrected chi connectivity index (χ0v) is 13.6. The highest BCUT2D eigenvalue weighted by Gasteiger charge is 2.29. The van der Waals surface area contributed by atoms with Gasteiger partial charge in [0, 0.05) is 13.1 Å². The van der Waals surface area contributed by atoms with E-state index in [0.717, 1.165) is 51.7 Å². The van der Waals surface area contributed by atoms with Crippen molar-refractivity contribution in [1.29, 1.82) is 0 Å². The van der Waals surface area contributed by atoms with Crippen molar-refractivity contribution >= 4 is 18.3 Å². The first-order valence-corrected chi connectivity index (χ1v) is 7.99. The second kappa shape index (κ2) is 7.93. The lowest BCUT2D eigenvalue weighted by molar-refractivity contribution is -0.134. The average Bonchev–Trinajstić information content (AvgIpc) is 3.04. The number of carbonyl (C=O) groups excluding carboxylic acids is 1. The molecule has 2 fully saturated rings. The lowest BCUT2D eigenvalue weighted by atomic mass is 9.90. The van der Waals surface area contributed by atoms with E-state index in [1.807, 2.05) is 17.0 Å². The van der Waals surface area contributed by atoms with Gasteiger partial charge in [-0.15, -0.1) is 12.4 Å². The highest BCUT2D eigenvalue weighted by Crippen LogP contribution is 2.23. The molecule has 1 aromatic rings. The van der Waals surface area contributed by atoms with E-state index in [9.17, 15) is 9.18 Å². The van der Waals surface area contributed by atoms with Gasteiger partial charge in [0.1, 0.15) is 5.82 Å². The van der Waals surface area contributed by atoms with Gasteiger partial charge < -0.3 is 10.2 Å². The molecule has 3 rings (SSSR count). The van der Waals surface area contributed by atoms with Crippen LogP contribution >= 0.6 is 12.4 Å². The number of nitrogens with zero attached hydrogens (tertiary/aromatic N) is 1. The minimum Gasteiger partial charge on any atom is -0.341 e. The first kappa shape index (κ1) is 17.2. The fraction of sp³-hybridized carbons (Fsp3) is 0.588. The van der Waals surface area contributed by atoms with Gasteiger partial charge >= 0.3 is 0 Å². The van der Waals surface area contributed by atoms with Crippen LogP contribution in [-0.4, -0.2) is 36.5 Å². The minimum absolute atomic E-state index is 0. The third-order valence-electron chi connectivity index (χ3n) is 4.72. The molecule has 1 atom stereocenters. The fourth-order valence-corrected chi connectivity index (χ4v) is 3.43. The molecule has 3 nitrogen and oxygen atoms in total. The van der Waals surface area contributed by atoms with Gasteiger partial charge in [0.15, 0.2) is 0 Å². The molecule has 122 valence electrons. The first-order chi connectivity index (χ1) is 10.2. The molecular weight excluding hydrogens is 303 g/mol. The van der Waals surface area contributed by atoms with Crippen molar-refractivity contribution in [1.82, 2.24) is 10.2 Å². The van der Waals surface area contributed by atoms with Crippen LogP contribution in [0.4, 0.5) is 4.39 Å². The van der Waals surface area contributed by atoms with Crippen LogP contribution in [0.1, 0.15) is 31.2 Å². The van der Waals surface area contributed by atoms with Gasteiger partial charge in [-0.25, -0.2) is 4.39 Å². The Bertz CT molecular complexity index is 480. The van der Waals surface area contributed by atoms with Crippen LogP contribution in [0.2, 0.25) is 0 Å². The summed E-state index contributed by atoms with van der Waals surface area (Å²) < 4.78 is 12.9. The molecule has 0 aromatic heterocycles. The predicted octanol–water partition coefficient (Wildman–Crippen LogP) is 2.78. The zero-order valence-electron chi connectivity index (χ0n) is 12.8. The summed E-state index contributed by atoms with van der Waals surface area (Å²) >= 11 is 0. The molecule has 0 aliphatic carbocycles. The largest absolute Gasteiger partial charge is 0.341 e. The summed E-state index contributed by atoms with van der Waals surface area (Å²) in [7, 11) is 0. The smallest absolute Gasteiger partial charge is 0.239 e. The number of hydrogen-bond donors (Lipinski definition) is 1. The number of nitrogens with one attached hydrogen (secondary N) is 1. The molecule has 2 aliphatic heterocycles. The Balaban J connectivity index is 0.00000176. The molecule has 0 bridgehead atoms. The van der Waals surface area contributed by atoms with Gasteiger partial charge in [-0.2, -0.15) is 0 Å². The average molecular weight is 327 g/mol. The summed E-state index contributed by atoms with van der Waals surface area (Å²) in [6.07, 6.45) is 5.18. The van der Waals surface area contributed by atoms with Gasteiger partial charge in [0.2, 0.25) is 5.91 Å². The Kier molecular flexibility index (Phi) is 6.21. The van der Waals surface area contributed by atoms with Gasteiger partial charge in [0.05, 0.1) is 6.04 Å². The van der Waals surface area contributed by atoms with Crippen molar-refractivity contribution in [3.05, 3.63) is 35.6 Å². The molecule has 2 heterocycles. The molecule has 0 spiro atoms. The third kappa shape index (κ3) is 4.20. The summed E-state index contributed by atoms with van der Waals surface area (Å²) in [5.41, 5.74) is 1.19. The Labute approximate surface area is 137 Å². The standard InChI is InChI=1S/C17H23FN2O.ClH/c18-15-5-3-13(4-6-15)12-14-7-10-20(11-8-14)17(21)16-2-1-9-19-16;/h3-6,14,16,19H,1-2,7-12H2;1H. The molecule has 22 heavy (non-hydrogen) atoms. The molecule has 2 aliphatic rings. The summed E-state index contributed by atoms with van der Waals surface area (Å²) in [5.74, 6) is 0.715. The molecule has 2 saturated heterocycles. The molecule has 0 radical (unpaired) electrons. The molecular formula is C17H24ClFN2O. The second-order valence-electron chi connectivity index (χ2n) is 6.25. The highest BCUT2D eigenvalue weighted by molar-refractivity contribution is 5.85. The van der Waals surface area contributed by atoms with Crippen LogP contribution in [0.3, 0.4) is 0 Å². The Morgan fingerprint density at radius 3 is 2.45 bits per heavy atom. The SMILES string of the molecule is Cl.O=C(C1CCCN1)N1CCC(Cc2ccc(F)cc2)CC1. The van der Waals surface area contributed by atoms with E-state index in [1.54, 1.807) is 0 Å². The summed E-state index contributed by atoms with van der Waals surface area (Å²) in [5, 5.41) is 3.28. The number of amides is 1. The second-order valence-corrected chi connectivity index (χ2v) is 6.25. The lowest BCUT2D eigenvalue weighted by Gasteiger charge is -2.33. The number of halogens is 2. The molecule has 1 N–H and O–H groups in total. The van der Waals surface area contributed by atoms with Crippen molar-refractivity contribution < 1.29 is 9.18 Å². The van der Waals surface area contributed by atoms with E-state index in [0.29, 0.717) is 5.92 Å². The number of benzene rings is 1. The van der Waals surface area contributed by atoms with Crippen molar-refractivity contribution in [2.45, 2.75) is 38.1 Å².